The van der Waals surface area contributed by atoms with Crippen molar-refractivity contribution in [3.05, 3.63) is 90.0 Å². The Hall–Kier alpha value is -2.87. The van der Waals surface area contributed by atoms with Gasteiger partial charge in [0.2, 0.25) is 0 Å². The van der Waals surface area contributed by atoms with Gasteiger partial charge in [0.15, 0.2) is 0 Å². The lowest BCUT2D eigenvalue weighted by molar-refractivity contribution is -0.137. The van der Waals surface area contributed by atoms with Crippen LogP contribution in [0.15, 0.2) is 78.9 Å². The lowest BCUT2D eigenvalue weighted by Gasteiger charge is -2.09. The zero-order chi connectivity index (χ0) is 17.5. The highest BCUT2D eigenvalue weighted by molar-refractivity contribution is 5.91. The van der Waals surface area contributed by atoms with Crippen LogP contribution in [-0.2, 0) is 16.0 Å². The first-order valence-electron chi connectivity index (χ1n) is 8.66. The van der Waals surface area contributed by atoms with E-state index in [1.54, 1.807) is 6.08 Å². The molecule has 3 rings (SSSR count). The molecular weight excluding hydrogens is 308 g/mol. The molecule has 0 aliphatic carbocycles. The van der Waals surface area contributed by atoms with Crippen LogP contribution in [0.4, 0.5) is 0 Å². The first-order valence-corrected chi connectivity index (χ1v) is 8.66. The van der Waals surface area contributed by atoms with Gasteiger partial charge in [-0.15, -0.1) is 0 Å². The molecule has 0 heterocycles. The van der Waals surface area contributed by atoms with Gasteiger partial charge in [-0.2, -0.15) is 0 Å². The van der Waals surface area contributed by atoms with Gasteiger partial charge in [-0.3, -0.25) is 0 Å². The molecule has 0 atom stereocenters. The third-order valence-electron chi connectivity index (χ3n) is 4.22. The van der Waals surface area contributed by atoms with Crippen molar-refractivity contribution < 1.29 is 9.53 Å². The Morgan fingerprint density at radius 1 is 0.920 bits per heavy atom. The van der Waals surface area contributed by atoms with Crippen LogP contribution in [0.25, 0.3) is 16.3 Å². The molecule has 3 aromatic rings. The highest BCUT2D eigenvalue weighted by Gasteiger charge is 2.07. The summed E-state index contributed by atoms with van der Waals surface area (Å²) in [6.07, 6.45) is 3.30. The van der Waals surface area contributed by atoms with Crippen LogP contribution in [0.5, 0.6) is 0 Å². The Kier molecular flexibility index (Phi) is 5.63. The fourth-order valence-corrected chi connectivity index (χ4v) is 2.95. The van der Waals surface area contributed by atoms with Gasteiger partial charge < -0.3 is 4.74 Å². The molecule has 126 valence electrons. The van der Waals surface area contributed by atoms with E-state index in [1.807, 2.05) is 37.3 Å². The number of aryl methyl sites for hydroxylation is 1. The van der Waals surface area contributed by atoms with Gasteiger partial charge in [0.25, 0.3) is 0 Å². The lowest BCUT2D eigenvalue weighted by Crippen LogP contribution is -2.02. The number of allylic oxidation sites excluding steroid dienone is 1. The fraction of sp³-hybridized carbons (Fsp3) is 0.174. The van der Waals surface area contributed by atoms with Crippen molar-refractivity contribution in [1.82, 2.24) is 0 Å². The van der Waals surface area contributed by atoms with E-state index in [4.69, 9.17) is 4.74 Å². The van der Waals surface area contributed by atoms with E-state index < -0.39 is 0 Å². The summed E-state index contributed by atoms with van der Waals surface area (Å²) in [7, 11) is 0. The molecular formula is C23H22O2. The maximum Gasteiger partial charge on any atom is 0.331 e. The van der Waals surface area contributed by atoms with E-state index in [2.05, 4.69) is 42.5 Å². The topological polar surface area (TPSA) is 26.3 Å². The maximum atomic E-state index is 11.9. The summed E-state index contributed by atoms with van der Waals surface area (Å²) in [4.78, 5) is 11.9. The summed E-state index contributed by atoms with van der Waals surface area (Å²) in [5.41, 5.74) is 3.34. The van der Waals surface area contributed by atoms with E-state index in [0.29, 0.717) is 6.61 Å². The van der Waals surface area contributed by atoms with E-state index in [1.165, 1.54) is 16.3 Å². The molecule has 0 aromatic heterocycles. The van der Waals surface area contributed by atoms with Crippen LogP contribution in [0.1, 0.15) is 24.5 Å². The average Bonchev–Trinajstić information content (AvgIpc) is 2.66. The number of hydrogen-bond acceptors (Lipinski definition) is 2. The van der Waals surface area contributed by atoms with Crippen LogP contribution in [0, 0.1) is 0 Å². The number of hydrogen-bond donors (Lipinski definition) is 0. The van der Waals surface area contributed by atoms with E-state index >= 15 is 0 Å². The summed E-state index contributed by atoms with van der Waals surface area (Å²) in [5.74, 6) is -0.278. The molecule has 0 spiro atoms. The summed E-state index contributed by atoms with van der Waals surface area (Å²) in [6.45, 7) is 2.21. The molecule has 0 aliphatic heterocycles. The second kappa shape index (κ2) is 8.29. The summed E-state index contributed by atoms with van der Waals surface area (Å²) in [5, 5.41) is 2.49. The second-order valence-electron chi connectivity index (χ2n) is 5.97. The highest BCUT2D eigenvalue weighted by atomic mass is 16.5. The number of benzene rings is 3. The molecule has 0 radical (unpaired) electrons. The number of esters is 1. The maximum absolute atomic E-state index is 11.9. The van der Waals surface area contributed by atoms with Gasteiger partial charge in [0.05, 0.1) is 6.61 Å². The standard InChI is InChI=1S/C23H22O2/c1-2-25-23(24)17-22(19-8-4-3-5-9-19)15-13-18-12-14-20-10-6-7-11-21(20)16-18/h3-12,14,16-17H,2,13,15H2,1H3/b22-17+. The van der Waals surface area contributed by atoms with Crippen molar-refractivity contribution in [3.63, 3.8) is 0 Å². The lowest BCUT2D eigenvalue weighted by atomic mass is 9.97. The minimum Gasteiger partial charge on any atom is -0.463 e. The molecule has 0 N–H and O–H groups in total. The van der Waals surface area contributed by atoms with Crippen LogP contribution in [0.3, 0.4) is 0 Å². The zero-order valence-corrected chi connectivity index (χ0v) is 14.4. The van der Waals surface area contributed by atoms with Crippen molar-refractivity contribution >= 4 is 22.3 Å². The molecule has 0 bridgehead atoms. The number of carbonyl (C=O) groups is 1. The molecule has 0 fully saturated rings. The SMILES string of the molecule is CCOC(=O)/C=C(\CCc1ccc2ccccc2c1)c1ccccc1. The van der Waals surface area contributed by atoms with Gasteiger partial charge in [0, 0.05) is 6.08 Å². The predicted octanol–water partition coefficient (Wildman–Crippen LogP) is 5.42. The first kappa shape index (κ1) is 17.0. The van der Waals surface area contributed by atoms with Gasteiger partial charge in [-0.05, 0) is 47.2 Å². The molecule has 2 heteroatoms. The van der Waals surface area contributed by atoms with Crippen LogP contribution in [-0.4, -0.2) is 12.6 Å². The zero-order valence-electron chi connectivity index (χ0n) is 14.4. The third kappa shape index (κ3) is 4.57. The average molecular weight is 330 g/mol. The summed E-state index contributed by atoms with van der Waals surface area (Å²) in [6, 6.07) is 24.9. The number of rotatable bonds is 6. The van der Waals surface area contributed by atoms with E-state index in [0.717, 1.165) is 24.0 Å². The van der Waals surface area contributed by atoms with Crippen molar-refractivity contribution in [2.75, 3.05) is 6.61 Å². The Balaban J connectivity index is 1.80. The molecule has 0 saturated heterocycles. The minimum atomic E-state index is -0.278. The Morgan fingerprint density at radius 3 is 2.40 bits per heavy atom. The fourth-order valence-electron chi connectivity index (χ4n) is 2.95. The van der Waals surface area contributed by atoms with Gasteiger partial charge in [-0.1, -0.05) is 72.8 Å². The summed E-state index contributed by atoms with van der Waals surface area (Å²) >= 11 is 0. The van der Waals surface area contributed by atoms with Crippen LogP contribution >= 0.6 is 0 Å². The smallest absolute Gasteiger partial charge is 0.331 e. The molecule has 3 aromatic carbocycles. The number of carbonyl (C=O) groups excluding carboxylic acids is 1. The molecule has 0 amide bonds. The van der Waals surface area contributed by atoms with E-state index in [-0.39, 0.29) is 5.97 Å². The first-order chi connectivity index (χ1) is 12.3. The number of fused-ring (bicyclic) bond motifs is 1. The van der Waals surface area contributed by atoms with E-state index in [9.17, 15) is 4.79 Å². The van der Waals surface area contributed by atoms with Gasteiger partial charge in [0.1, 0.15) is 0 Å². The van der Waals surface area contributed by atoms with Crippen molar-refractivity contribution in [2.24, 2.45) is 0 Å². The van der Waals surface area contributed by atoms with Crippen molar-refractivity contribution in [2.45, 2.75) is 19.8 Å². The van der Waals surface area contributed by atoms with Gasteiger partial charge >= 0.3 is 5.97 Å². The molecule has 0 aliphatic rings. The largest absolute Gasteiger partial charge is 0.463 e. The van der Waals surface area contributed by atoms with Crippen LogP contribution < -0.4 is 0 Å². The Morgan fingerprint density at radius 2 is 1.64 bits per heavy atom. The molecule has 25 heavy (non-hydrogen) atoms. The Labute approximate surface area is 148 Å². The predicted molar refractivity (Wildman–Crippen MR) is 103 cm³/mol. The summed E-state index contributed by atoms with van der Waals surface area (Å²) < 4.78 is 5.09. The third-order valence-corrected chi connectivity index (χ3v) is 4.22. The van der Waals surface area contributed by atoms with Gasteiger partial charge in [-0.25, -0.2) is 4.79 Å². The molecule has 0 unspecified atom stereocenters. The Bertz CT molecular complexity index is 879. The quantitative estimate of drug-likeness (QED) is 0.445. The number of ether oxygens (including phenoxy) is 1. The normalized spacial score (nSPS) is 11.5. The van der Waals surface area contributed by atoms with Crippen LogP contribution in [0.2, 0.25) is 0 Å². The molecule has 2 nitrogen and oxygen atoms in total. The van der Waals surface area contributed by atoms with Crippen molar-refractivity contribution in [1.29, 1.82) is 0 Å². The highest BCUT2D eigenvalue weighted by Crippen LogP contribution is 2.23. The molecule has 0 saturated carbocycles. The van der Waals surface area contributed by atoms with Crippen molar-refractivity contribution in [3.8, 4) is 0 Å². The monoisotopic (exact) mass is 330 g/mol. The second-order valence-corrected chi connectivity index (χ2v) is 5.97. The minimum absolute atomic E-state index is 0.278.